The first-order valence-corrected chi connectivity index (χ1v) is 14.7. The molecule has 0 atom stereocenters. The Kier molecular flexibility index (Phi) is 9.11. The first-order valence-electron chi connectivity index (χ1n) is 13.8. The average Bonchev–Trinajstić information content (AvgIpc) is 3.69. The number of amides is 2. The molecule has 2 aromatic carbocycles. The Bertz CT molecular complexity index is 1310. The first-order chi connectivity index (χ1) is 19.6. The van der Waals surface area contributed by atoms with E-state index < -0.39 is 0 Å². The van der Waals surface area contributed by atoms with Crippen LogP contribution in [0.25, 0.3) is 0 Å². The molecule has 1 aromatic heterocycles. The van der Waals surface area contributed by atoms with E-state index in [1.807, 2.05) is 40.6 Å². The maximum atomic E-state index is 13.9. The second kappa shape index (κ2) is 13.1. The average molecular weight is 565 g/mol. The molecule has 2 amide bonds. The Morgan fingerprint density at radius 2 is 1.75 bits per heavy atom. The fraction of sp³-hybridized carbons (Fsp3) is 0.419. The molecule has 1 saturated carbocycles. The van der Waals surface area contributed by atoms with Gasteiger partial charge in [0.05, 0.1) is 20.8 Å². The second-order valence-corrected chi connectivity index (χ2v) is 11.2. The number of thiophene rings is 1. The van der Waals surface area contributed by atoms with E-state index in [4.69, 9.17) is 18.9 Å². The van der Waals surface area contributed by atoms with Gasteiger partial charge in [0.2, 0.25) is 12.7 Å². The van der Waals surface area contributed by atoms with Crippen molar-refractivity contribution in [3.05, 3.63) is 69.9 Å². The van der Waals surface area contributed by atoms with Gasteiger partial charge in [-0.2, -0.15) is 0 Å². The largest absolute Gasteiger partial charge is 0.493 e. The van der Waals surface area contributed by atoms with Gasteiger partial charge in [0.25, 0.3) is 5.91 Å². The van der Waals surface area contributed by atoms with E-state index in [1.54, 1.807) is 48.7 Å². The fourth-order valence-electron chi connectivity index (χ4n) is 5.38. The number of benzene rings is 2. The molecule has 0 spiro atoms. The summed E-state index contributed by atoms with van der Waals surface area (Å²) < 4.78 is 21.8. The highest BCUT2D eigenvalue weighted by Gasteiger charge is 2.31. The van der Waals surface area contributed by atoms with Crippen molar-refractivity contribution >= 4 is 23.2 Å². The summed E-state index contributed by atoms with van der Waals surface area (Å²) in [4.78, 5) is 32.6. The van der Waals surface area contributed by atoms with E-state index in [0.717, 1.165) is 42.5 Å². The molecule has 5 rings (SSSR count). The third-order valence-corrected chi connectivity index (χ3v) is 8.46. The molecule has 2 aliphatic rings. The van der Waals surface area contributed by atoms with Gasteiger partial charge in [0.15, 0.2) is 23.0 Å². The Hall–Kier alpha value is -3.72. The molecule has 3 aromatic rings. The first kappa shape index (κ1) is 27.8. The zero-order valence-corrected chi connectivity index (χ0v) is 23.9. The smallest absolute Gasteiger partial charge is 0.254 e. The number of methoxy groups -OCH3 is 2. The van der Waals surface area contributed by atoms with Gasteiger partial charge in [-0.3, -0.25) is 9.59 Å². The third-order valence-electron chi connectivity index (χ3n) is 7.60. The van der Waals surface area contributed by atoms with Gasteiger partial charge in [0.1, 0.15) is 6.54 Å². The molecule has 1 fully saturated rings. The summed E-state index contributed by atoms with van der Waals surface area (Å²) in [5.41, 5.74) is 1.56. The van der Waals surface area contributed by atoms with Crippen molar-refractivity contribution in [2.75, 3.05) is 34.1 Å². The van der Waals surface area contributed by atoms with Crippen LogP contribution in [0.2, 0.25) is 0 Å². The number of rotatable bonds is 11. The molecular weight excluding hydrogens is 528 g/mol. The quantitative estimate of drug-likeness (QED) is 0.304. The van der Waals surface area contributed by atoms with Crippen LogP contribution in [0.1, 0.15) is 52.9 Å². The maximum absolute atomic E-state index is 13.9. The summed E-state index contributed by atoms with van der Waals surface area (Å²) in [6, 6.07) is 15.1. The van der Waals surface area contributed by atoms with E-state index in [2.05, 4.69) is 0 Å². The normalized spacial score (nSPS) is 14.6. The highest BCUT2D eigenvalue weighted by atomic mass is 32.1. The molecule has 2 heterocycles. The monoisotopic (exact) mass is 564 g/mol. The number of hydrogen-bond donors (Lipinski definition) is 0. The van der Waals surface area contributed by atoms with Gasteiger partial charge in [0, 0.05) is 23.0 Å². The van der Waals surface area contributed by atoms with Crippen LogP contribution in [-0.2, 0) is 17.8 Å². The third kappa shape index (κ3) is 6.53. The van der Waals surface area contributed by atoms with Crippen LogP contribution in [0.15, 0.2) is 53.9 Å². The molecule has 0 unspecified atom stereocenters. The molecule has 40 heavy (non-hydrogen) atoms. The summed E-state index contributed by atoms with van der Waals surface area (Å²) in [5.74, 6) is 2.32. The lowest BCUT2D eigenvalue weighted by Crippen LogP contribution is -2.48. The number of nitrogens with zero attached hydrogens (tertiary/aromatic N) is 2. The molecule has 1 aliphatic carbocycles. The lowest BCUT2D eigenvalue weighted by atomic mass is 9.93. The number of ether oxygens (including phenoxy) is 4. The van der Waals surface area contributed by atoms with Gasteiger partial charge in [-0.1, -0.05) is 31.4 Å². The molecule has 0 bridgehead atoms. The van der Waals surface area contributed by atoms with Gasteiger partial charge in [-0.15, -0.1) is 11.3 Å². The molecule has 0 saturated heterocycles. The second-order valence-electron chi connectivity index (χ2n) is 10.1. The number of fused-ring (bicyclic) bond motifs is 1. The highest BCUT2D eigenvalue weighted by Crippen LogP contribution is 2.34. The minimum atomic E-state index is -0.144. The summed E-state index contributed by atoms with van der Waals surface area (Å²) in [6.45, 7) is 1.20. The zero-order chi connectivity index (χ0) is 27.9. The van der Waals surface area contributed by atoms with Gasteiger partial charge in [-0.05, 0) is 66.6 Å². The summed E-state index contributed by atoms with van der Waals surface area (Å²) in [5, 5.41) is 2.02. The molecule has 8 nitrogen and oxygen atoms in total. The number of carbonyl (C=O) groups is 2. The standard InChI is InChI=1S/C31H36N2O6S/c1-36-26-12-10-22(17-28(26)37-2)14-15-32(19-25-9-6-16-40-25)30(34)20-33(24-7-4-3-5-8-24)31(35)23-11-13-27-29(18-23)39-21-38-27/h6,9-13,16-18,24H,3-5,7-8,14-15,19-21H2,1-2H3. The number of carbonyl (C=O) groups excluding carboxylic acids is 2. The predicted molar refractivity (Wildman–Crippen MR) is 153 cm³/mol. The molecule has 1 aliphatic heterocycles. The van der Waals surface area contributed by atoms with E-state index in [0.29, 0.717) is 48.1 Å². The lowest BCUT2D eigenvalue weighted by molar-refractivity contribution is -0.133. The summed E-state index contributed by atoms with van der Waals surface area (Å²) in [6.07, 6.45) is 5.73. The summed E-state index contributed by atoms with van der Waals surface area (Å²) >= 11 is 1.63. The van der Waals surface area contributed by atoms with Crippen LogP contribution in [0, 0.1) is 0 Å². The van der Waals surface area contributed by atoms with Crippen molar-refractivity contribution in [3.63, 3.8) is 0 Å². The zero-order valence-electron chi connectivity index (χ0n) is 23.1. The van der Waals surface area contributed by atoms with Crippen molar-refractivity contribution in [1.29, 1.82) is 0 Å². The molecular formula is C31H36N2O6S. The molecule has 212 valence electrons. The van der Waals surface area contributed by atoms with E-state index >= 15 is 0 Å². The topological polar surface area (TPSA) is 77.5 Å². The molecule has 9 heteroatoms. The van der Waals surface area contributed by atoms with Crippen molar-refractivity contribution in [2.45, 2.75) is 51.1 Å². The van der Waals surface area contributed by atoms with Crippen LogP contribution in [-0.4, -0.2) is 61.8 Å². The van der Waals surface area contributed by atoms with Crippen molar-refractivity contribution in [2.24, 2.45) is 0 Å². The Labute approximate surface area is 239 Å². The van der Waals surface area contributed by atoms with Crippen LogP contribution in [0.5, 0.6) is 23.0 Å². The molecule has 0 radical (unpaired) electrons. The van der Waals surface area contributed by atoms with Gasteiger partial charge < -0.3 is 28.7 Å². The Morgan fingerprint density at radius 1 is 0.950 bits per heavy atom. The Morgan fingerprint density at radius 3 is 2.50 bits per heavy atom. The van der Waals surface area contributed by atoms with Crippen LogP contribution >= 0.6 is 11.3 Å². The fourth-order valence-corrected chi connectivity index (χ4v) is 6.10. The van der Waals surface area contributed by atoms with Crippen molar-refractivity contribution in [1.82, 2.24) is 9.80 Å². The molecule has 0 N–H and O–H groups in total. The van der Waals surface area contributed by atoms with Crippen molar-refractivity contribution < 1.29 is 28.5 Å². The maximum Gasteiger partial charge on any atom is 0.254 e. The van der Waals surface area contributed by atoms with E-state index in [-0.39, 0.29) is 31.2 Å². The van der Waals surface area contributed by atoms with E-state index in [1.165, 1.54) is 0 Å². The SMILES string of the molecule is COc1ccc(CCN(Cc2cccs2)C(=O)CN(C(=O)c2ccc3c(c2)OCO3)C2CCCCC2)cc1OC. The predicted octanol–water partition coefficient (Wildman–Crippen LogP) is 5.54. The Balaban J connectivity index is 1.35. The highest BCUT2D eigenvalue weighted by molar-refractivity contribution is 7.09. The van der Waals surface area contributed by atoms with Crippen LogP contribution < -0.4 is 18.9 Å². The van der Waals surface area contributed by atoms with Crippen molar-refractivity contribution in [3.8, 4) is 23.0 Å². The lowest BCUT2D eigenvalue weighted by Gasteiger charge is -2.35. The van der Waals surface area contributed by atoms with Gasteiger partial charge in [-0.25, -0.2) is 0 Å². The summed E-state index contributed by atoms with van der Waals surface area (Å²) in [7, 11) is 3.23. The minimum absolute atomic E-state index is 0.0325. The van der Waals surface area contributed by atoms with Crippen LogP contribution in [0.3, 0.4) is 0 Å². The van der Waals surface area contributed by atoms with Crippen LogP contribution in [0.4, 0.5) is 0 Å². The minimum Gasteiger partial charge on any atom is -0.493 e. The van der Waals surface area contributed by atoms with E-state index in [9.17, 15) is 9.59 Å². The van der Waals surface area contributed by atoms with Gasteiger partial charge >= 0.3 is 0 Å². The number of hydrogen-bond acceptors (Lipinski definition) is 7.